The molecule has 0 amide bonds. The second-order valence-electron chi connectivity index (χ2n) is 4.65. The van der Waals surface area contributed by atoms with Crippen molar-refractivity contribution in [2.24, 2.45) is 5.73 Å². The molecule has 0 fully saturated rings. The van der Waals surface area contributed by atoms with Gasteiger partial charge in [0.2, 0.25) is 0 Å². The predicted octanol–water partition coefficient (Wildman–Crippen LogP) is 2.76. The molecule has 1 aromatic carbocycles. The van der Waals surface area contributed by atoms with E-state index < -0.39 is 0 Å². The fourth-order valence-electron chi connectivity index (χ4n) is 1.57. The molecule has 17 heavy (non-hydrogen) atoms. The molecule has 0 radical (unpaired) electrons. The first-order valence-electron chi connectivity index (χ1n) is 6.19. The lowest BCUT2D eigenvalue weighted by Gasteiger charge is -2.17. The zero-order valence-corrected chi connectivity index (χ0v) is 11.2. The van der Waals surface area contributed by atoms with Crippen LogP contribution in [0.15, 0.2) is 18.2 Å². The van der Waals surface area contributed by atoms with Crippen LogP contribution in [0.2, 0.25) is 0 Å². The quantitative estimate of drug-likeness (QED) is 0.827. The van der Waals surface area contributed by atoms with Crippen molar-refractivity contribution in [3.05, 3.63) is 23.8 Å². The largest absolute Gasteiger partial charge is 0.487 e. The molecule has 0 aliphatic carbocycles. The highest BCUT2D eigenvalue weighted by atomic mass is 16.5. The van der Waals surface area contributed by atoms with Crippen LogP contribution in [0.1, 0.15) is 33.3 Å². The first-order valence-corrected chi connectivity index (χ1v) is 6.19. The number of rotatable bonds is 6. The summed E-state index contributed by atoms with van der Waals surface area (Å²) in [4.78, 5) is 0. The van der Waals surface area contributed by atoms with Gasteiger partial charge in [-0.3, -0.25) is 0 Å². The standard InChI is InChI=1S/C14H23NO2/c1-10(2)16-13-6-5-12(7-8-15)9-14(13)17-11(3)4/h5-6,9-11H,7-8,15H2,1-4H3. The Morgan fingerprint density at radius 3 is 2.12 bits per heavy atom. The maximum absolute atomic E-state index is 5.77. The van der Waals surface area contributed by atoms with Crippen molar-refractivity contribution in [1.82, 2.24) is 0 Å². The van der Waals surface area contributed by atoms with E-state index in [4.69, 9.17) is 15.2 Å². The number of nitrogens with two attached hydrogens (primary N) is 1. The van der Waals surface area contributed by atoms with Crippen LogP contribution in [-0.2, 0) is 6.42 Å². The molecule has 0 aliphatic heterocycles. The van der Waals surface area contributed by atoms with Gasteiger partial charge in [-0.2, -0.15) is 0 Å². The predicted molar refractivity (Wildman–Crippen MR) is 70.7 cm³/mol. The van der Waals surface area contributed by atoms with E-state index in [9.17, 15) is 0 Å². The van der Waals surface area contributed by atoms with Gasteiger partial charge in [0.05, 0.1) is 12.2 Å². The maximum atomic E-state index is 5.77. The first-order chi connectivity index (χ1) is 8.02. The van der Waals surface area contributed by atoms with Gasteiger partial charge in [0, 0.05) is 0 Å². The van der Waals surface area contributed by atoms with Crippen LogP contribution in [0.5, 0.6) is 11.5 Å². The van der Waals surface area contributed by atoms with Gasteiger partial charge in [0.25, 0.3) is 0 Å². The van der Waals surface area contributed by atoms with Crippen molar-refractivity contribution in [2.75, 3.05) is 6.54 Å². The Bertz CT molecular complexity index is 348. The average molecular weight is 237 g/mol. The molecule has 2 N–H and O–H groups in total. The Hall–Kier alpha value is -1.22. The minimum Gasteiger partial charge on any atom is -0.487 e. The summed E-state index contributed by atoms with van der Waals surface area (Å²) in [6, 6.07) is 6.02. The maximum Gasteiger partial charge on any atom is 0.161 e. The second-order valence-corrected chi connectivity index (χ2v) is 4.65. The van der Waals surface area contributed by atoms with Crippen molar-refractivity contribution in [3.63, 3.8) is 0 Å². The van der Waals surface area contributed by atoms with Gasteiger partial charge in [0.15, 0.2) is 11.5 Å². The molecule has 0 unspecified atom stereocenters. The average Bonchev–Trinajstić information content (AvgIpc) is 2.21. The summed E-state index contributed by atoms with van der Waals surface area (Å²) in [5, 5.41) is 0. The van der Waals surface area contributed by atoms with E-state index in [1.807, 2.05) is 45.9 Å². The Kier molecular flexibility index (Phi) is 5.29. The third kappa shape index (κ3) is 4.65. The molecule has 96 valence electrons. The van der Waals surface area contributed by atoms with Gasteiger partial charge < -0.3 is 15.2 Å². The summed E-state index contributed by atoms with van der Waals surface area (Å²) in [5.41, 5.74) is 6.74. The summed E-state index contributed by atoms with van der Waals surface area (Å²) in [5.74, 6) is 1.61. The first kappa shape index (κ1) is 13.8. The summed E-state index contributed by atoms with van der Waals surface area (Å²) in [7, 11) is 0. The lowest BCUT2D eigenvalue weighted by molar-refractivity contribution is 0.198. The van der Waals surface area contributed by atoms with Gasteiger partial charge >= 0.3 is 0 Å². The highest BCUT2D eigenvalue weighted by Crippen LogP contribution is 2.30. The van der Waals surface area contributed by atoms with E-state index in [1.54, 1.807) is 0 Å². The molecular formula is C14H23NO2. The monoisotopic (exact) mass is 237 g/mol. The number of hydrogen-bond donors (Lipinski definition) is 1. The number of benzene rings is 1. The molecule has 0 saturated carbocycles. The van der Waals surface area contributed by atoms with Crippen LogP contribution in [-0.4, -0.2) is 18.8 Å². The zero-order chi connectivity index (χ0) is 12.8. The van der Waals surface area contributed by atoms with Crippen molar-refractivity contribution in [1.29, 1.82) is 0 Å². The molecule has 3 nitrogen and oxygen atoms in total. The van der Waals surface area contributed by atoms with E-state index in [0.29, 0.717) is 6.54 Å². The lowest BCUT2D eigenvalue weighted by atomic mass is 10.1. The van der Waals surface area contributed by atoms with Gasteiger partial charge in [-0.05, 0) is 58.4 Å². The Balaban J connectivity index is 2.94. The third-order valence-corrected chi connectivity index (χ3v) is 2.17. The molecular weight excluding hydrogens is 214 g/mol. The Morgan fingerprint density at radius 1 is 1.00 bits per heavy atom. The minimum atomic E-state index is 0.137. The second kappa shape index (κ2) is 6.50. The molecule has 0 saturated heterocycles. The molecule has 1 rings (SSSR count). The number of hydrogen-bond acceptors (Lipinski definition) is 3. The highest BCUT2D eigenvalue weighted by molar-refractivity contribution is 5.43. The fourth-order valence-corrected chi connectivity index (χ4v) is 1.57. The zero-order valence-electron chi connectivity index (χ0n) is 11.2. The third-order valence-electron chi connectivity index (χ3n) is 2.17. The summed E-state index contributed by atoms with van der Waals surface area (Å²) in [6.07, 6.45) is 1.14. The van der Waals surface area contributed by atoms with Crippen LogP contribution in [0, 0.1) is 0 Å². The molecule has 0 spiro atoms. The smallest absolute Gasteiger partial charge is 0.161 e. The van der Waals surface area contributed by atoms with E-state index in [-0.39, 0.29) is 12.2 Å². The van der Waals surface area contributed by atoms with Crippen LogP contribution >= 0.6 is 0 Å². The van der Waals surface area contributed by atoms with Crippen molar-refractivity contribution in [3.8, 4) is 11.5 Å². The molecule has 0 aromatic heterocycles. The van der Waals surface area contributed by atoms with Crippen LogP contribution in [0.3, 0.4) is 0 Å². The van der Waals surface area contributed by atoms with Crippen LogP contribution in [0.4, 0.5) is 0 Å². The van der Waals surface area contributed by atoms with Gasteiger partial charge in [-0.1, -0.05) is 6.07 Å². The van der Waals surface area contributed by atoms with E-state index in [0.717, 1.165) is 17.9 Å². The SMILES string of the molecule is CC(C)Oc1ccc(CCN)cc1OC(C)C. The summed E-state index contributed by atoms with van der Waals surface area (Å²) in [6.45, 7) is 8.68. The van der Waals surface area contributed by atoms with Crippen LogP contribution in [0.25, 0.3) is 0 Å². The number of ether oxygens (including phenoxy) is 2. The lowest BCUT2D eigenvalue weighted by Crippen LogP contribution is -2.11. The van der Waals surface area contributed by atoms with E-state index in [1.165, 1.54) is 5.56 Å². The van der Waals surface area contributed by atoms with Gasteiger partial charge in [-0.15, -0.1) is 0 Å². The summed E-state index contributed by atoms with van der Waals surface area (Å²) < 4.78 is 11.5. The normalized spacial score (nSPS) is 11.0. The molecule has 0 heterocycles. The highest BCUT2D eigenvalue weighted by Gasteiger charge is 2.09. The van der Waals surface area contributed by atoms with Gasteiger partial charge in [0.1, 0.15) is 0 Å². The van der Waals surface area contributed by atoms with Crippen molar-refractivity contribution in [2.45, 2.75) is 46.3 Å². The molecule has 0 aliphatic rings. The summed E-state index contributed by atoms with van der Waals surface area (Å²) >= 11 is 0. The van der Waals surface area contributed by atoms with E-state index >= 15 is 0 Å². The van der Waals surface area contributed by atoms with Crippen LogP contribution < -0.4 is 15.2 Å². The van der Waals surface area contributed by atoms with Crippen molar-refractivity contribution >= 4 is 0 Å². The topological polar surface area (TPSA) is 44.5 Å². The van der Waals surface area contributed by atoms with E-state index in [2.05, 4.69) is 0 Å². The molecule has 1 aromatic rings. The Morgan fingerprint density at radius 2 is 1.59 bits per heavy atom. The molecule has 0 atom stereocenters. The molecule has 3 heteroatoms. The minimum absolute atomic E-state index is 0.137. The van der Waals surface area contributed by atoms with Crippen molar-refractivity contribution < 1.29 is 9.47 Å². The molecule has 0 bridgehead atoms. The van der Waals surface area contributed by atoms with Gasteiger partial charge in [-0.25, -0.2) is 0 Å². The fraction of sp³-hybridized carbons (Fsp3) is 0.571. The Labute approximate surface area is 104 Å².